The molecule has 0 bridgehead atoms. The maximum absolute atomic E-state index is 12.1. The zero-order valence-electron chi connectivity index (χ0n) is 10.4. The minimum Gasteiger partial charge on any atom is -0.349 e. The maximum atomic E-state index is 12.1. The lowest BCUT2D eigenvalue weighted by molar-refractivity contribution is -0.125. The molecule has 0 spiro atoms. The predicted octanol–water partition coefficient (Wildman–Crippen LogP) is 2.21. The summed E-state index contributed by atoms with van der Waals surface area (Å²) in [7, 11) is 0. The highest BCUT2D eigenvalue weighted by Gasteiger charge is 2.27. The van der Waals surface area contributed by atoms with Crippen LogP contribution in [0.5, 0.6) is 0 Å². The van der Waals surface area contributed by atoms with E-state index >= 15 is 0 Å². The predicted molar refractivity (Wildman–Crippen MR) is 70.2 cm³/mol. The third-order valence-electron chi connectivity index (χ3n) is 3.54. The summed E-state index contributed by atoms with van der Waals surface area (Å²) in [6.45, 7) is 2.69. The Morgan fingerprint density at radius 2 is 2.00 bits per heavy atom. The number of carbonyl (C=O) groups is 1. The molecule has 1 aliphatic rings. The molecule has 1 aliphatic heterocycles. The summed E-state index contributed by atoms with van der Waals surface area (Å²) < 4.78 is 2.16. The number of aryl methyl sites for hydroxylation is 1. The molecule has 1 aromatic heterocycles. The minimum atomic E-state index is -0.119. The lowest BCUT2D eigenvalue weighted by atomic mass is 10.0. The number of carbonyl (C=O) groups excluding carboxylic acids is 1. The zero-order valence-corrected chi connectivity index (χ0v) is 10.4. The third kappa shape index (κ3) is 1.82. The van der Waals surface area contributed by atoms with E-state index in [1.807, 2.05) is 18.2 Å². The van der Waals surface area contributed by atoms with Crippen LogP contribution < -0.4 is 5.32 Å². The number of nitrogens with one attached hydrogen (secondary N) is 1. The molecule has 18 heavy (non-hydrogen) atoms. The number of hydrogen-bond donors (Lipinski definition) is 1. The van der Waals surface area contributed by atoms with Crippen molar-refractivity contribution >= 4 is 5.91 Å². The first-order valence-electron chi connectivity index (χ1n) is 6.24. The number of benzene rings is 1. The first-order valence-corrected chi connectivity index (χ1v) is 6.24. The molecule has 1 atom stereocenters. The average Bonchev–Trinajstić information content (AvgIpc) is 2.76. The van der Waals surface area contributed by atoms with Gasteiger partial charge in [0.05, 0.1) is 6.54 Å². The average molecular weight is 240 g/mol. The standard InChI is InChI=1S/C15H16N2O/c1-11-7-8-13-10-16-15(18)14(17(11)13)9-12-5-3-2-4-6-12/h2-8,14H,9-10H2,1H3,(H,16,18)/t14-/m0/s1. The molecule has 3 heteroatoms. The third-order valence-corrected chi connectivity index (χ3v) is 3.54. The summed E-state index contributed by atoms with van der Waals surface area (Å²) in [6, 6.07) is 14.2. The Morgan fingerprint density at radius 3 is 2.78 bits per heavy atom. The second-order valence-electron chi connectivity index (χ2n) is 4.76. The molecule has 0 fully saturated rings. The van der Waals surface area contributed by atoms with E-state index in [4.69, 9.17) is 0 Å². The summed E-state index contributed by atoms with van der Waals surface area (Å²) in [4.78, 5) is 12.1. The molecule has 92 valence electrons. The largest absolute Gasteiger partial charge is 0.349 e. The van der Waals surface area contributed by atoms with Gasteiger partial charge >= 0.3 is 0 Å². The second-order valence-corrected chi connectivity index (χ2v) is 4.76. The molecule has 2 heterocycles. The number of amides is 1. The van der Waals surface area contributed by atoms with Crippen molar-refractivity contribution in [2.24, 2.45) is 0 Å². The molecule has 3 nitrogen and oxygen atoms in total. The molecular formula is C15H16N2O. The van der Waals surface area contributed by atoms with Crippen molar-refractivity contribution in [2.45, 2.75) is 25.9 Å². The van der Waals surface area contributed by atoms with Crippen LogP contribution >= 0.6 is 0 Å². The molecule has 1 aromatic carbocycles. The second kappa shape index (κ2) is 4.33. The van der Waals surface area contributed by atoms with Crippen LogP contribution in [0.1, 0.15) is 23.0 Å². The fourth-order valence-corrected chi connectivity index (χ4v) is 2.63. The molecule has 0 unspecified atom stereocenters. The van der Waals surface area contributed by atoms with E-state index in [0.717, 1.165) is 12.1 Å². The van der Waals surface area contributed by atoms with Crippen molar-refractivity contribution in [3.05, 3.63) is 59.4 Å². The number of aromatic nitrogens is 1. The molecule has 1 N–H and O–H groups in total. The van der Waals surface area contributed by atoms with Crippen LogP contribution in [0.2, 0.25) is 0 Å². The van der Waals surface area contributed by atoms with Crippen LogP contribution in [0.25, 0.3) is 0 Å². The smallest absolute Gasteiger partial charge is 0.243 e. The van der Waals surface area contributed by atoms with Crippen LogP contribution in [0.3, 0.4) is 0 Å². The molecule has 0 aliphatic carbocycles. The van der Waals surface area contributed by atoms with Gasteiger partial charge in [0, 0.05) is 17.8 Å². The van der Waals surface area contributed by atoms with Gasteiger partial charge in [-0.05, 0) is 24.6 Å². The van der Waals surface area contributed by atoms with Gasteiger partial charge in [0.25, 0.3) is 0 Å². The van der Waals surface area contributed by atoms with E-state index in [2.05, 4.69) is 41.1 Å². The number of fused-ring (bicyclic) bond motifs is 1. The van der Waals surface area contributed by atoms with Crippen molar-refractivity contribution in [2.75, 3.05) is 0 Å². The summed E-state index contributed by atoms with van der Waals surface area (Å²) in [5.41, 5.74) is 3.53. The van der Waals surface area contributed by atoms with Gasteiger partial charge in [-0.3, -0.25) is 4.79 Å². The number of nitrogens with zero attached hydrogens (tertiary/aromatic N) is 1. The number of rotatable bonds is 2. The van der Waals surface area contributed by atoms with Gasteiger partial charge in [0.2, 0.25) is 5.91 Å². The minimum absolute atomic E-state index is 0.116. The van der Waals surface area contributed by atoms with Gasteiger partial charge in [0.1, 0.15) is 6.04 Å². The SMILES string of the molecule is Cc1ccc2n1[C@@H](Cc1ccccc1)C(=O)NC2. The van der Waals surface area contributed by atoms with Crippen molar-refractivity contribution in [1.29, 1.82) is 0 Å². The summed E-state index contributed by atoms with van der Waals surface area (Å²) in [5, 5.41) is 2.96. The summed E-state index contributed by atoms with van der Waals surface area (Å²) in [6.07, 6.45) is 0.745. The highest BCUT2D eigenvalue weighted by molar-refractivity contribution is 5.82. The van der Waals surface area contributed by atoms with E-state index in [-0.39, 0.29) is 11.9 Å². The van der Waals surface area contributed by atoms with Gasteiger partial charge in [-0.15, -0.1) is 0 Å². The van der Waals surface area contributed by atoms with Crippen LogP contribution in [0, 0.1) is 6.92 Å². The lowest BCUT2D eigenvalue weighted by Crippen LogP contribution is -2.40. The van der Waals surface area contributed by atoms with Crippen LogP contribution in [-0.2, 0) is 17.8 Å². The Morgan fingerprint density at radius 1 is 1.22 bits per heavy atom. The summed E-state index contributed by atoms with van der Waals surface area (Å²) >= 11 is 0. The fraction of sp³-hybridized carbons (Fsp3) is 0.267. The Balaban J connectivity index is 1.96. The highest BCUT2D eigenvalue weighted by Crippen LogP contribution is 2.24. The van der Waals surface area contributed by atoms with Crippen LogP contribution in [0.4, 0.5) is 0 Å². The molecule has 0 radical (unpaired) electrons. The van der Waals surface area contributed by atoms with E-state index in [1.165, 1.54) is 11.3 Å². The lowest BCUT2D eigenvalue weighted by Gasteiger charge is -2.27. The Labute approximate surface area is 106 Å². The fourth-order valence-electron chi connectivity index (χ4n) is 2.63. The van der Waals surface area contributed by atoms with Crippen molar-refractivity contribution in [3.63, 3.8) is 0 Å². The molecular weight excluding hydrogens is 224 g/mol. The van der Waals surface area contributed by atoms with Crippen molar-refractivity contribution in [1.82, 2.24) is 9.88 Å². The van der Waals surface area contributed by atoms with E-state index in [0.29, 0.717) is 6.54 Å². The van der Waals surface area contributed by atoms with Crippen LogP contribution in [-0.4, -0.2) is 10.5 Å². The Hall–Kier alpha value is -2.03. The molecule has 2 aromatic rings. The topological polar surface area (TPSA) is 34.0 Å². The van der Waals surface area contributed by atoms with Crippen LogP contribution in [0.15, 0.2) is 42.5 Å². The first kappa shape index (κ1) is 11.1. The van der Waals surface area contributed by atoms with Gasteiger partial charge in [0.15, 0.2) is 0 Å². The molecule has 0 saturated carbocycles. The van der Waals surface area contributed by atoms with Gasteiger partial charge in [-0.1, -0.05) is 30.3 Å². The summed E-state index contributed by atoms with van der Waals surface area (Å²) in [5.74, 6) is 0.116. The van der Waals surface area contributed by atoms with E-state index in [1.54, 1.807) is 0 Å². The number of hydrogen-bond acceptors (Lipinski definition) is 1. The normalized spacial score (nSPS) is 18.3. The van der Waals surface area contributed by atoms with Gasteiger partial charge < -0.3 is 9.88 Å². The Kier molecular flexibility index (Phi) is 2.67. The molecule has 3 rings (SSSR count). The van der Waals surface area contributed by atoms with Crippen molar-refractivity contribution in [3.8, 4) is 0 Å². The van der Waals surface area contributed by atoms with Gasteiger partial charge in [-0.2, -0.15) is 0 Å². The monoisotopic (exact) mass is 240 g/mol. The van der Waals surface area contributed by atoms with E-state index in [9.17, 15) is 4.79 Å². The quantitative estimate of drug-likeness (QED) is 0.858. The van der Waals surface area contributed by atoms with Crippen molar-refractivity contribution < 1.29 is 4.79 Å². The molecule has 0 saturated heterocycles. The zero-order chi connectivity index (χ0) is 12.5. The first-order chi connectivity index (χ1) is 8.75. The highest BCUT2D eigenvalue weighted by atomic mass is 16.2. The molecule has 1 amide bonds. The van der Waals surface area contributed by atoms with Gasteiger partial charge in [-0.25, -0.2) is 0 Å². The Bertz CT molecular complexity index is 571. The maximum Gasteiger partial charge on any atom is 0.243 e. The van der Waals surface area contributed by atoms with E-state index < -0.39 is 0 Å².